The van der Waals surface area contributed by atoms with Crippen LogP contribution in [0.5, 0.6) is 0 Å². The molecule has 0 unspecified atom stereocenters. The van der Waals surface area contributed by atoms with Crippen molar-refractivity contribution in [3.63, 3.8) is 0 Å². The molecular weight excluding hydrogens is 250 g/mol. The predicted octanol–water partition coefficient (Wildman–Crippen LogP) is 3.27. The van der Waals surface area contributed by atoms with Crippen molar-refractivity contribution >= 4 is 0 Å². The molecule has 3 rings (SSSR count). The molecule has 0 amide bonds. The van der Waals surface area contributed by atoms with E-state index in [0.29, 0.717) is 5.76 Å². The van der Waals surface area contributed by atoms with Gasteiger partial charge in [-0.1, -0.05) is 60.7 Å². The van der Waals surface area contributed by atoms with Crippen molar-refractivity contribution in [3.8, 4) is 0 Å². The Hall–Kier alpha value is -2.39. The summed E-state index contributed by atoms with van der Waals surface area (Å²) >= 11 is 0. The molecule has 1 aromatic heterocycles. The lowest BCUT2D eigenvalue weighted by atomic mass is 9.86. The molecule has 0 bridgehead atoms. The summed E-state index contributed by atoms with van der Waals surface area (Å²) in [7, 11) is 0. The fraction of sp³-hybridized carbons (Fsp3) is 0.118. The number of aliphatic hydroxyl groups is 1. The van der Waals surface area contributed by atoms with Gasteiger partial charge in [0.05, 0.1) is 6.20 Å². The van der Waals surface area contributed by atoms with Crippen molar-refractivity contribution in [1.82, 2.24) is 4.98 Å². The number of aromatic nitrogens is 1. The Morgan fingerprint density at radius 2 is 1.40 bits per heavy atom. The molecule has 0 aliphatic heterocycles. The molecule has 1 heterocycles. The Kier molecular flexibility index (Phi) is 3.12. The third-order valence-electron chi connectivity index (χ3n) is 3.31. The van der Waals surface area contributed by atoms with Gasteiger partial charge in [0, 0.05) is 0 Å². The minimum atomic E-state index is -1.38. The molecule has 20 heavy (non-hydrogen) atoms. The first-order valence-electron chi connectivity index (χ1n) is 6.47. The van der Waals surface area contributed by atoms with Crippen LogP contribution in [0.15, 0.2) is 71.3 Å². The number of aryl methyl sites for hydroxylation is 1. The van der Waals surface area contributed by atoms with Gasteiger partial charge in [-0.2, -0.15) is 0 Å². The molecule has 0 radical (unpaired) electrons. The smallest absolute Gasteiger partial charge is 0.235 e. The van der Waals surface area contributed by atoms with Crippen LogP contribution in [0.2, 0.25) is 0 Å². The minimum Gasteiger partial charge on any atom is -0.442 e. The van der Waals surface area contributed by atoms with Crippen LogP contribution in [0.3, 0.4) is 0 Å². The Balaban J connectivity index is 2.23. The van der Waals surface area contributed by atoms with E-state index in [1.807, 2.05) is 67.6 Å². The maximum Gasteiger partial charge on any atom is 0.235 e. The van der Waals surface area contributed by atoms with Gasteiger partial charge in [-0.3, -0.25) is 0 Å². The lowest BCUT2D eigenvalue weighted by Crippen LogP contribution is -2.29. The van der Waals surface area contributed by atoms with Crippen LogP contribution < -0.4 is 0 Å². The first kappa shape index (κ1) is 12.6. The van der Waals surface area contributed by atoms with E-state index >= 15 is 0 Å². The second-order valence-corrected chi connectivity index (χ2v) is 4.72. The minimum absolute atomic E-state index is 0.285. The van der Waals surface area contributed by atoms with Gasteiger partial charge in [0.2, 0.25) is 5.89 Å². The highest BCUT2D eigenvalue weighted by molar-refractivity contribution is 5.41. The Morgan fingerprint density at radius 1 is 0.900 bits per heavy atom. The van der Waals surface area contributed by atoms with E-state index in [1.165, 1.54) is 0 Å². The molecular formula is C17H15NO2. The summed E-state index contributed by atoms with van der Waals surface area (Å²) in [6.07, 6.45) is 1.62. The first-order chi connectivity index (χ1) is 9.71. The highest BCUT2D eigenvalue weighted by Gasteiger charge is 2.38. The molecule has 0 aliphatic carbocycles. The third kappa shape index (κ3) is 2.02. The van der Waals surface area contributed by atoms with Crippen LogP contribution >= 0.6 is 0 Å². The number of oxazole rings is 1. The first-order valence-corrected chi connectivity index (χ1v) is 6.47. The fourth-order valence-electron chi connectivity index (χ4n) is 2.29. The highest BCUT2D eigenvalue weighted by Crippen LogP contribution is 2.35. The standard InChI is InChI=1S/C17H15NO2/c1-13-12-18-16(20-13)17(19,14-8-4-2-5-9-14)15-10-6-3-7-11-15/h2-12,19H,1H3. The van der Waals surface area contributed by atoms with Gasteiger partial charge in [0.1, 0.15) is 5.76 Å². The zero-order valence-electron chi connectivity index (χ0n) is 11.2. The van der Waals surface area contributed by atoms with Crippen LogP contribution in [0, 0.1) is 6.92 Å². The van der Waals surface area contributed by atoms with Gasteiger partial charge in [-0.05, 0) is 18.1 Å². The second-order valence-electron chi connectivity index (χ2n) is 4.72. The van der Waals surface area contributed by atoms with E-state index in [0.717, 1.165) is 11.1 Å². The summed E-state index contributed by atoms with van der Waals surface area (Å²) in [6, 6.07) is 18.8. The molecule has 0 atom stereocenters. The molecule has 0 saturated heterocycles. The largest absolute Gasteiger partial charge is 0.442 e. The fourth-order valence-corrected chi connectivity index (χ4v) is 2.29. The van der Waals surface area contributed by atoms with Gasteiger partial charge in [0.15, 0.2) is 5.60 Å². The molecule has 100 valence electrons. The van der Waals surface area contributed by atoms with E-state index in [9.17, 15) is 5.11 Å². The second kappa shape index (κ2) is 4.94. The third-order valence-corrected chi connectivity index (χ3v) is 3.31. The van der Waals surface area contributed by atoms with Crippen LogP contribution in [0.1, 0.15) is 22.8 Å². The van der Waals surface area contributed by atoms with Crippen molar-refractivity contribution in [2.75, 3.05) is 0 Å². The zero-order valence-corrected chi connectivity index (χ0v) is 11.2. The quantitative estimate of drug-likeness (QED) is 0.790. The topological polar surface area (TPSA) is 46.3 Å². The van der Waals surface area contributed by atoms with Gasteiger partial charge >= 0.3 is 0 Å². The van der Waals surface area contributed by atoms with Crippen molar-refractivity contribution in [2.45, 2.75) is 12.5 Å². The number of rotatable bonds is 3. The van der Waals surface area contributed by atoms with Gasteiger partial charge in [0.25, 0.3) is 0 Å². The zero-order chi connectivity index (χ0) is 14.0. The van der Waals surface area contributed by atoms with Gasteiger partial charge < -0.3 is 9.52 Å². The van der Waals surface area contributed by atoms with Crippen molar-refractivity contribution < 1.29 is 9.52 Å². The lowest BCUT2D eigenvalue weighted by molar-refractivity contribution is 0.0918. The SMILES string of the molecule is Cc1cnc(C(O)(c2ccccc2)c2ccccc2)o1. The predicted molar refractivity (Wildman–Crippen MR) is 76.2 cm³/mol. The van der Waals surface area contributed by atoms with E-state index in [2.05, 4.69) is 4.98 Å². The Bertz CT molecular complexity index is 650. The van der Waals surface area contributed by atoms with Crippen LogP contribution in [-0.4, -0.2) is 10.1 Å². The molecule has 0 fully saturated rings. The normalized spacial score (nSPS) is 11.5. The Labute approximate surface area is 117 Å². The molecule has 1 N–H and O–H groups in total. The maximum absolute atomic E-state index is 11.3. The van der Waals surface area contributed by atoms with Crippen LogP contribution in [-0.2, 0) is 5.60 Å². The molecule has 3 heteroatoms. The van der Waals surface area contributed by atoms with Crippen molar-refractivity contribution in [3.05, 3.63) is 89.6 Å². The number of benzene rings is 2. The summed E-state index contributed by atoms with van der Waals surface area (Å²) in [5.41, 5.74) is 0.0812. The Morgan fingerprint density at radius 3 is 1.80 bits per heavy atom. The summed E-state index contributed by atoms with van der Waals surface area (Å²) in [5, 5.41) is 11.3. The van der Waals surface area contributed by atoms with Gasteiger partial charge in [-0.25, -0.2) is 4.98 Å². The molecule has 2 aromatic carbocycles. The summed E-state index contributed by atoms with van der Waals surface area (Å²) in [6.45, 7) is 1.81. The van der Waals surface area contributed by atoms with E-state index in [4.69, 9.17) is 4.42 Å². The monoisotopic (exact) mass is 265 g/mol. The van der Waals surface area contributed by atoms with Crippen LogP contribution in [0.25, 0.3) is 0 Å². The number of hydrogen-bond donors (Lipinski definition) is 1. The summed E-state index contributed by atoms with van der Waals surface area (Å²) in [5.74, 6) is 0.956. The van der Waals surface area contributed by atoms with Crippen molar-refractivity contribution in [1.29, 1.82) is 0 Å². The lowest BCUT2D eigenvalue weighted by Gasteiger charge is -2.25. The summed E-state index contributed by atoms with van der Waals surface area (Å²) in [4.78, 5) is 4.22. The maximum atomic E-state index is 11.3. The number of hydrogen-bond acceptors (Lipinski definition) is 3. The molecule has 3 aromatic rings. The van der Waals surface area contributed by atoms with Crippen molar-refractivity contribution in [2.24, 2.45) is 0 Å². The van der Waals surface area contributed by atoms with E-state index < -0.39 is 5.60 Å². The molecule has 0 spiro atoms. The summed E-state index contributed by atoms with van der Waals surface area (Å²) < 4.78 is 5.60. The number of nitrogens with zero attached hydrogens (tertiary/aromatic N) is 1. The van der Waals surface area contributed by atoms with Gasteiger partial charge in [-0.15, -0.1) is 0 Å². The highest BCUT2D eigenvalue weighted by atomic mass is 16.4. The average molecular weight is 265 g/mol. The van der Waals surface area contributed by atoms with Crippen LogP contribution in [0.4, 0.5) is 0 Å². The molecule has 3 nitrogen and oxygen atoms in total. The van der Waals surface area contributed by atoms with E-state index in [-0.39, 0.29) is 5.89 Å². The molecule has 0 saturated carbocycles. The average Bonchev–Trinajstić information content (AvgIpc) is 2.95. The van der Waals surface area contributed by atoms with E-state index in [1.54, 1.807) is 6.20 Å². The molecule has 0 aliphatic rings.